The molecule has 112 valence electrons. The molecule has 2 rings (SSSR count). The molecule has 0 aromatic heterocycles. The molecule has 21 heavy (non-hydrogen) atoms. The van der Waals surface area contributed by atoms with Gasteiger partial charge in [-0.05, 0) is 36.8 Å². The SMILES string of the molecule is COc1cc(C(C)Nc2ccc(F)cc2OC)ccc1O. The van der Waals surface area contributed by atoms with Crippen LogP contribution in [0.25, 0.3) is 0 Å². The van der Waals surface area contributed by atoms with Gasteiger partial charge in [0.2, 0.25) is 0 Å². The third-order valence-electron chi connectivity index (χ3n) is 3.24. The third-order valence-corrected chi connectivity index (χ3v) is 3.24. The summed E-state index contributed by atoms with van der Waals surface area (Å²) in [6, 6.07) is 9.38. The zero-order chi connectivity index (χ0) is 15.4. The fourth-order valence-electron chi connectivity index (χ4n) is 2.06. The van der Waals surface area contributed by atoms with Gasteiger partial charge in [0, 0.05) is 12.1 Å². The molecule has 0 heterocycles. The Kier molecular flexibility index (Phi) is 4.52. The summed E-state index contributed by atoms with van der Waals surface area (Å²) in [5, 5.41) is 12.9. The quantitative estimate of drug-likeness (QED) is 0.881. The summed E-state index contributed by atoms with van der Waals surface area (Å²) < 4.78 is 23.4. The molecule has 0 fully saturated rings. The molecule has 0 saturated heterocycles. The molecular formula is C16H18FNO3. The fourth-order valence-corrected chi connectivity index (χ4v) is 2.06. The Morgan fingerprint density at radius 2 is 1.76 bits per heavy atom. The van der Waals surface area contributed by atoms with E-state index < -0.39 is 0 Å². The summed E-state index contributed by atoms with van der Waals surface area (Å²) in [5.74, 6) is 0.587. The van der Waals surface area contributed by atoms with Crippen LogP contribution in [0.2, 0.25) is 0 Å². The number of aromatic hydroxyl groups is 1. The minimum Gasteiger partial charge on any atom is -0.504 e. The van der Waals surface area contributed by atoms with Crippen molar-refractivity contribution >= 4 is 5.69 Å². The van der Waals surface area contributed by atoms with E-state index in [0.29, 0.717) is 17.2 Å². The van der Waals surface area contributed by atoms with Crippen LogP contribution in [-0.2, 0) is 0 Å². The van der Waals surface area contributed by atoms with Crippen molar-refractivity contribution in [3.05, 3.63) is 47.8 Å². The maximum atomic E-state index is 13.2. The number of anilines is 1. The Hall–Kier alpha value is -2.43. The molecule has 2 N–H and O–H groups in total. The molecule has 2 aromatic rings. The van der Waals surface area contributed by atoms with E-state index in [-0.39, 0.29) is 17.6 Å². The molecule has 0 spiro atoms. The average Bonchev–Trinajstić information content (AvgIpc) is 2.49. The summed E-state index contributed by atoms with van der Waals surface area (Å²) in [4.78, 5) is 0. The van der Waals surface area contributed by atoms with Gasteiger partial charge in [-0.3, -0.25) is 0 Å². The molecule has 5 heteroatoms. The Balaban J connectivity index is 2.23. The van der Waals surface area contributed by atoms with Crippen LogP contribution in [0.3, 0.4) is 0 Å². The second kappa shape index (κ2) is 6.35. The first-order chi connectivity index (χ1) is 10.0. The molecule has 0 aliphatic heterocycles. The molecule has 1 unspecified atom stereocenters. The maximum Gasteiger partial charge on any atom is 0.160 e. The first kappa shape index (κ1) is 15.0. The Labute approximate surface area is 123 Å². The lowest BCUT2D eigenvalue weighted by atomic mass is 10.1. The molecule has 0 amide bonds. The number of phenols is 1. The summed E-state index contributed by atoms with van der Waals surface area (Å²) in [6.45, 7) is 1.95. The van der Waals surface area contributed by atoms with Crippen LogP contribution < -0.4 is 14.8 Å². The number of hydrogen-bond acceptors (Lipinski definition) is 4. The van der Waals surface area contributed by atoms with Crippen molar-refractivity contribution in [2.24, 2.45) is 0 Å². The standard InChI is InChI=1S/C16H18FNO3/c1-10(11-4-7-14(19)16(8-11)21-3)18-13-6-5-12(17)9-15(13)20-2/h4-10,18-19H,1-3H3. The molecule has 0 aliphatic carbocycles. The number of hydrogen-bond donors (Lipinski definition) is 2. The molecule has 0 saturated carbocycles. The van der Waals surface area contributed by atoms with Crippen LogP contribution in [0.1, 0.15) is 18.5 Å². The van der Waals surface area contributed by atoms with Crippen molar-refractivity contribution in [2.75, 3.05) is 19.5 Å². The number of rotatable bonds is 5. The molecule has 0 radical (unpaired) electrons. The number of methoxy groups -OCH3 is 2. The zero-order valence-electron chi connectivity index (χ0n) is 12.2. The Morgan fingerprint density at radius 3 is 2.43 bits per heavy atom. The second-order valence-electron chi connectivity index (χ2n) is 4.64. The number of nitrogens with one attached hydrogen (secondary N) is 1. The molecule has 4 nitrogen and oxygen atoms in total. The van der Waals surface area contributed by atoms with Gasteiger partial charge in [0.1, 0.15) is 11.6 Å². The molecule has 0 bridgehead atoms. The summed E-state index contributed by atoms with van der Waals surface area (Å²) >= 11 is 0. The van der Waals surface area contributed by atoms with Gasteiger partial charge >= 0.3 is 0 Å². The van der Waals surface area contributed by atoms with Crippen LogP contribution in [-0.4, -0.2) is 19.3 Å². The highest BCUT2D eigenvalue weighted by molar-refractivity contribution is 5.58. The van der Waals surface area contributed by atoms with Gasteiger partial charge in [-0.25, -0.2) is 4.39 Å². The van der Waals surface area contributed by atoms with Gasteiger partial charge in [0.05, 0.1) is 19.9 Å². The zero-order valence-corrected chi connectivity index (χ0v) is 12.2. The van der Waals surface area contributed by atoms with Crippen molar-refractivity contribution in [2.45, 2.75) is 13.0 Å². The van der Waals surface area contributed by atoms with Crippen molar-refractivity contribution < 1.29 is 19.0 Å². The minimum atomic E-state index is -0.351. The average molecular weight is 291 g/mol. The topological polar surface area (TPSA) is 50.7 Å². The molecule has 0 aliphatic rings. The van der Waals surface area contributed by atoms with E-state index >= 15 is 0 Å². The predicted molar refractivity (Wildman–Crippen MR) is 79.6 cm³/mol. The summed E-state index contributed by atoms with van der Waals surface area (Å²) in [5.41, 5.74) is 1.62. The van der Waals surface area contributed by atoms with Gasteiger partial charge in [-0.1, -0.05) is 6.07 Å². The molecule has 1 atom stereocenters. The van der Waals surface area contributed by atoms with Crippen molar-refractivity contribution in [1.82, 2.24) is 0 Å². The number of halogens is 1. The van der Waals surface area contributed by atoms with Gasteiger partial charge < -0.3 is 19.9 Å². The third kappa shape index (κ3) is 3.37. The lowest BCUT2D eigenvalue weighted by Gasteiger charge is -2.18. The number of ether oxygens (including phenoxy) is 2. The molecular weight excluding hydrogens is 273 g/mol. The van der Waals surface area contributed by atoms with E-state index in [2.05, 4.69) is 5.32 Å². The van der Waals surface area contributed by atoms with Crippen LogP contribution in [0, 0.1) is 5.82 Å². The largest absolute Gasteiger partial charge is 0.504 e. The van der Waals surface area contributed by atoms with Crippen LogP contribution in [0.5, 0.6) is 17.2 Å². The normalized spacial score (nSPS) is 11.8. The summed E-state index contributed by atoms with van der Waals surface area (Å²) in [6.07, 6.45) is 0. The highest BCUT2D eigenvalue weighted by atomic mass is 19.1. The Bertz CT molecular complexity index is 631. The molecule has 2 aromatic carbocycles. The highest BCUT2D eigenvalue weighted by Crippen LogP contribution is 2.32. The lowest BCUT2D eigenvalue weighted by Crippen LogP contribution is -2.08. The first-order valence-corrected chi connectivity index (χ1v) is 6.52. The minimum absolute atomic E-state index is 0.0705. The van der Waals surface area contributed by atoms with E-state index in [1.807, 2.05) is 6.92 Å². The summed E-state index contributed by atoms with van der Waals surface area (Å²) in [7, 11) is 2.99. The monoisotopic (exact) mass is 291 g/mol. The van der Waals surface area contributed by atoms with Gasteiger partial charge in [-0.15, -0.1) is 0 Å². The Morgan fingerprint density at radius 1 is 1.05 bits per heavy atom. The van der Waals surface area contributed by atoms with Crippen LogP contribution >= 0.6 is 0 Å². The number of phenolic OH excluding ortho intramolecular Hbond substituents is 1. The van der Waals surface area contributed by atoms with Crippen LogP contribution in [0.15, 0.2) is 36.4 Å². The first-order valence-electron chi connectivity index (χ1n) is 6.52. The van der Waals surface area contributed by atoms with E-state index in [4.69, 9.17) is 9.47 Å². The van der Waals surface area contributed by atoms with Crippen LogP contribution in [0.4, 0.5) is 10.1 Å². The van der Waals surface area contributed by atoms with Gasteiger partial charge in [0.15, 0.2) is 11.5 Å². The van der Waals surface area contributed by atoms with Crippen molar-refractivity contribution in [3.8, 4) is 17.2 Å². The lowest BCUT2D eigenvalue weighted by molar-refractivity contribution is 0.372. The van der Waals surface area contributed by atoms with E-state index in [1.54, 1.807) is 24.3 Å². The van der Waals surface area contributed by atoms with Gasteiger partial charge in [0.25, 0.3) is 0 Å². The van der Waals surface area contributed by atoms with E-state index in [0.717, 1.165) is 5.56 Å². The van der Waals surface area contributed by atoms with Gasteiger partial charge in [-0.2, -0.15) is 0 Å². The predicted octanol–water partition coefficient (Wildman–Crippen LogP) is 3.72. The maximum absolute atomic E-state index is 13.2. The smallest absolute Gasteiger partial charge is 0.160 e. The van der Waals surface area contributed by atoms with E-state index in [1.165, 1.54) is 26.4 Å². The second-order valence-corrected chi connectivity index (χ2v) is 4.64. The van der Waals surface area contributed by atoms with Crippen molar-refractivity contribution in [1.29, 1.82) is 0 Å². The van der Waals surface area contributed by atoms with E-state index in [9.17, 15) is 9.50 Å². The number of benzene rings is 2. The highest BCUT2D eigenvalue weighted by Gasteiger charge is 2.12. The van der Waals surface area contributed by atoms with Crippen molar-refractivity contribution in [3.63, 3.8) is 0 Å². The fraction of sp³-hybridized carbons (Fsp3) is 0.250.